The topological polar surface area (TPSA) is 174 Å². The highest BCUT2D eigenvalue weighted by atomic mass is 32.2. The maximum absolute atomic E-state index is 13.1. The van der Waals surface area contributed by atoms with Gasteiger partial charge >= 0.3 is 21.7 Å². The third-order valence-electron chi connectivity index (χ3n) is 5.90. The largest absolute Gasteiger partial charge is 0.522 e. The van der Waals surface area contributed by atoms with Crippen molar-refractivity contribution in [3.63, 3.8) is 0 Å². The van der Waals surface area contributed by atoms with Crippen LogP contribution in [0.1, 0.15) is 25.3 Å². The number of ether oxygens (including phenoxy) is 1. The Bertz CT molecular complexity index is 1200. The van der Waals surface area contributed by atoms with Crippen molar-refractivity contribution >= 4 is 40.4 Å². The van der Waals surface area contributed by atoms with E-state index in [2.05, 4.69) is 12.6 Å². The van der Waals surface area contributed by atoms with Crippen LogP contribution in [0.4, 0.5) is 28.0 Å². The molecule has 1 aromatic carbocycles. The standard InChI is InChI=1S/C20H27FN4O5S.C2H3N.CHF3O3S/c21-6-9-22-7-1-8-23(11-10-22)19(26)18-12-17(31)13-24(18)20(27)30-14-15-2-4-16(5-3-15)25(28)29;1-2-3;2-1(3,4)8(5,6)7/h2-5,17-18,31H,1,6-14H2;1H3;(H,5,6,7)/t17-,18-;;/m0../s1. The van der Waals surface area contributed by atoms with Crippen molar-refractivity contribution in [2.75, 3.05) is 45.9 Å². The van der Waals surface area contributed by atoms with E-state index in [0.717, 1.165) is 13.0 Å². The molecule has 0 unspecified atom stereocenters. The molecule has 2 atom stereocenters. The second-order valence-electron chi connectivity index (χ2n) is 8.89. The SMILES string of the molecule is CC#N.O=C([C@@H]1C[C@H](S)CN1C(=O)OCc1ccc([N+](=O)[O-])cc1)N1CCCN(CCF)CC1.O=S(=O)(O)C(F)(F)F. The summed E-state index contributed by atoms with van der Waals surface area (Å²) in [5.41, 5.74) is -4.96. The second-order valence-corrected chi connectivity index (χ2v) is 11.0. The van der Waals surface area contributed by atoms with E-state index in [1.807, 2.05) is 4.90 Å². The Hall–Kier alpha value is -3.21. The number of benzene rings is 1. The Morgan fingerprint density at radius 2 is 1.79 bits per heavy atom. The number of nitro groups is 1. The molecule has 2 heterocycles. The lowest BCUT2D eigenvalue weighted by atomic mass is 10.2. The van der Waals surface area contributed by atoms with Gasteiger partial charge in [0.25, 0.3) is 5.69 Å². The van der Waals surface area contributed by atoms with Gasteiger partial charge in [0.1, 0.15) is 19.3 Å². The first kappa shape index (κ1) is 36.8. The van der Waals surface area contributed by atoms with Crippen LogP contribution in [0.2, 0.25) is 0 Å². The number of alkyl halides is 4. The van der Waals surface area contributed by atoms with Crippen LogP contribution in [-0.2, 0) is 26.3 Å². The zero-order valence-electron chi connectivity index (χ0n) is 22.4. The van der Waals surface area contributed by atoms with Gasteiger partial charge in [-0.25, -0.2) is 9.18 Å². The molecule has 19 heteroatoms. The van der Waals surface area contributed by atoms with E-state index < -0.39 is 39.4 Å². The number of thiol groups is 1. The first-order valence-electron chi connectivity index (χ1n) is 12.3. The number of nitriles is 1. The zero-order chi connectivity index (χ0) is 32.1. The summed E-state index contributed by atoms with van der Waals surface area (Å²) in [5.74, 6) is -0.133. The Morgan fingerprint density at radius 1 is 1.21 bits per heavy atom. The normalized spacial score (nSPS) is 19.3. The molecule has 42 heavy (non-hydrogen) atoms. The summed E-state index contributed by atoms with van der Waals surface area (Å²) in [6.45, 7) is 4.07. The molecule has 1 N–H and O–H groups in total. The van der Waals surface area contributed by atoms with Crippen molar-refractivity contribution in [3.8, 4) is 6.07 Å². The highest BCUT2D eigenvalue weighted by Crippen LogP contribution is 2.25. The van der Waals surface area contributed by atoms with Gasteiger partial charge in [-0.1, -0.05) is 0 Å². The molecule has 2 aliphatic heterocycles. The number of halogens is 4. The summed E-state index contributed by atoms with van der Waals surface area (Å²) in [7, 11) is -5.84. The smallest absolute Gasteiger partial charge is 0.445 e. The number of non-ortho nitro benzene ring substituents is 1. The molecular weight excluding hydrogens is 614 g/mol. The lowest BCUT2D eigenvalue weighted by Crippen LogP contribution is -2.48. The zero-order valence-corrected chi connectivity index (χ0v) is 24.2. The van der Waals surface area contributed by atoms with Gasteiger partial charge in [-0.05, 0) is 37.1 Å². The van der Waals surface area contributed by atoms with Gasteiger partial charge < -0.3 is 9.64 Å². The summed E-state index contributed by atoms with van der Waals surface area (Å²) < 4.78 is 75.5. The molecule has 0 aromatic heterocycles. The maximum Gasteiger partial charge on any atom is 0.522 e. The molecule has 0 spiro atoms. The minimum absolute atomic E-state index is 0.0410. The molecule has 0 aliphatic carbocycles. The van der Waals surface area contributed by atoms with Crippen molar-refractivity contribution < 1.29 is 49.8 Å². The van der Waals surface area contributed by atoms with E-state index >= 15 is 0 Å². The number of carbonyl (C=O) groups excluding carboxylic acids is 2. The second kappa shape index (κ2) is 17.0. The van der Waals surface area contributed by atoms with Gasteiger partial charge in [-0.2, -0.15) is 39.5 Å². The molecule has 0 radical (unpaired) electrons. The van der Waals surface area contributed by atoms with Crippen LogP contribution >= 0.6 is 12.6 Å². The average molecular weight is 646 g/mol. The monoisotopic (exact) mass is 645 g/mol. The van der Waals surface area contributed by atoms with Crippen LogP contribution < -0.4 is 0 Å². The summed E-state index contributed by atoms with van der Waals surface area (Å²) in [6, 6.07) is 6.86. The van der Waals surface area contributed by atoms with E-state index in [0.29, 0.717) is 44.7 Å². The van der Waals surface area contributed by atoms with Crippen molar-refractivity contribution in [1.29, 1.82) is 5.26 Å². The van der Waals surface area contributed by atoms with Crippen LogP contribution in [0.3, 0.4) is 0 Å². The van der Waals surface area contributed by atoms with Crippen LogP contribution in [0.15, 0.2) is 24.3 Å². The summed E-state index contributed by atoms with van der Waals surface area (Å²) >= 11 is 4.46. The van der Waals surface area contributed by atoms with Gasteiger partial charge in [0.05, 0.1) is 11.0 Å². The van der Waals surface area contributed by atoms with E-state index in [1.165, 1.54) is 36.1 Å². The molecule has 0 saturated carbocycles. The lowest BCUT2D eigenvalue weighted by Gasteiger charge is -2.29. The molecule has 3 rings (SSSR count). The van der Waals surface area contributed by atoms with Crippen LogP contribution in [0, 0.1) is 21.4 Å². The minimum atomic E-state index is -5.84. The molecule has 2 fully saturated rings. The maximum atomic E-state index is 13.1. The van der Waals surface area contributed by atoms with Gasteiger partial charge in [0.2, 0.25) is 5.91 Å². The molecule has 0 bridgehead atoms. The number of hydrogen-bond donors (Lipinski definition) is 2. The van der Waals surface area contributed by atoms with Crippen molar-refractivity contribution in [2.45, 2.75) is 43.2 Å². The molecule has 2 saturated heterocycles. The Kier molecular flexibility index (Phi) is 14.9. The predicted molar refractivity (Wildman–Crippen MR) is 144 cm³/mol. The highest BCUT2D eigenvalue weighted by Gasteiger charge is 2.44. The number of likely N-dealkylation sites (tertiary alicyclic amines) is 1. The van der Waals surface area contributed by atoms with Crippen molar-refractivity contribution in [1.82, 2.24) is 14.7 Å². The molecule has 1 aromatic rings. The van der Waals surface area contributed by atoms with Crippen LogP contribution in [0.25, 0.3) is 0 Å². The predicted octanol–water partition coefficient (Wildman–Crippen LogP) is 3.03. The van der Waals surface area contributed by atoms with Crippen LogP contribution in [-0.4, -0.2) is 107 Å². The van der Waals surface area contributed by atoms with E-state index in [4.69, 9.17) is 23.0 Å². The fourth-order valence-electron chi connectivity index (χ4n) is 3.94. The number of amides is 2. The summed E-state index contributed by atoms with van der Waals surface area (Å²) in [5, 5.41) is 17.9. The van der Waals surface area contributed by atoms with Crippen LogP contribution in [0.5, 0.6) is 0 Å². The fourth-order valence-corrected chi connectivity index (χ4v) is 4.31. The number of carbonyl (C=O) groups is 2. The summed E-state index contributed by atoms with van der Waals surface area (Å²) in [4.78, 5) is 41.2. The molecule has 2 amide bonds. The average Bonchev–Trinajstić information content (AvgIpc) is 3.14. The molecular formula is C23H31F4N5O8S2. The Balaban J connectivity index is 0.000000684. The quantitative estimate of drug-likeness (QED) is 0.117. The van der Waals surface area contributed by atoms with Gasteiger partial charge in [-0.15, -0.1) is 0 Å². The number of hydrogen-bond acceptors (Lipinski definition) is 10. The number of rotatable bonds is 6. The first-order chi connectivity index (χ1) is 19.5. The fraction of sp³-hybridized carbons (Fsp3) is 0.609. The molecule has 13 nitrogen and oxygen atoms in total. The van der Waals surface area contributed by atoms with Crippen molar-refractivity contribution in [2.24, 2.45) is 0 Å². The first-order valence-corrected chi connectivity index (χ1v) is 14.3. The molecule has 2 aliphatic rings. The number of nitrogens with zero attached hydrogens (tertiary/aromatic N) is 5. The summed E-state index contributed by atoms with van der Waals surface area (Å²) in [6.07, 6.45) is 0.592. The Labute approximate surface area is 245 Å². The number of nitro benzene ring substituents is 1. The van der Waals surface area contributed by atoms with Crippen molar-refractivity contribution in [3.05, 3.63) is 39.9 Å². The highest BCUT2D eigenvalue weighted by molar-refractivity contribution is 7.86. The van der Waals surface area contributed by atoms with E-state index in [-0.39, 0.29) is 23.5 Å². The van der Waals surface area contributed by atoms with Gasteiger partial charge in [0, 0.05) is 57.0 Å². The minimum Gasteiger partial charge on any atom is -0.445 e. The van der Waals surface area contributed by atoms with E-state index in [9.17, 15) is 37.3 Å². The van der Waals surface area contributed by atoms with Gasteiger partial charge in [-0.3, -0.25) is 29.3 Å². The van der Waals surface area contributed by atoms with Gasteiger partial charge in [0.15, 0.2) is 0 Å². The third kappa shape index (κ3) is 12.0. The van der Waals surface area contributed by atoms with E-state index in [1.54, 1.807) is 11.0 Å². The lowest BCUT2D eigenvalue weighted by molar-refractivity contribution is -0.384. The third-order valence-corrected chi connectivity index (χ3v) is 6.86. The Morgan fingerprint density at radius 3 is 2.29 bits per heavy atom. The molecule has 236 valence electrons.